The molecule has 5 nitrogen and oxygen atoms in total. The molecule has 6 heteroatoms. The van der Waals surface area contributed by atoms with E-state index in [4.69, 9.17) is 9.73 Å². The molecular formula is C21H37IN4O. The van der Waals surface area contributed by atoms with Gasteiger partial charge in [-0.2, -0.15) is 0 Å². The summed E-state index contributed by atoms with van der Waals surface area (Å²) < 4.78 is 5.42. The van der Waals surface area contributed by atoms with Gasteiger partial charge >= 0.3 is 0 Å². The van der Waals surface area contributed by atoms with E-state index in [1.807, 2.05) is 0 Å². The molecule has 1 aromatic carbocycles. The van der Waals surface area contributed by atoms with E-state index in [2.05, 4.69) is 67.5 Å². The summed E-state index contributed by atoms with van der Waals surface area (Å²) in [6, 6.07) is 8.79. The molecule has 1 aliphatic rings. The Labute approximate surface area is 182 Å². The maximum absolute atomic E-state index is 5.42. The Morgan fingerprint density at radius 2 is 1.81 bits per heavy atom. The Kier molecular flexibility index (Phi) is 11.9. The number of nitrogens with one attached hydrogen (secondary N) is 2. The molecule has 1 heterocycles. The standard InChI is InChI=1S/C21H36N4O.HI/c1-5-22-21(23-14-18(3)16-25-10-12-26-13-11-25)24-15-19(4)20-8-6-17(2)7-9-20;/h6-9,18-19H,5,10-16H2,1-4H3,(H2,22,23,24);1H. The van der Waals surface area contributed by atoms with Crippen molar-refractivity contribution in [3.05, 3.63) is 35.4 Å². The predicted molar refractivity (Wildman–Crippen MR) is 125 cm³/mol. The highest BCUT2D eigenvalue weighted by Gasteiger charge is 2.14. The molecule has 2 rings (SSSR count). The first-order valence-electron chi connectivity index (χ1n) is 9.97. The van der Waals surface area contributed by atoms with Crippen LogP contribution in [0.15, 0.2) is 29.3 Å². The lowest BCUT2D eigenvalue weighted by atomic mass is 10.0. The van der Waals surface area contributed by atoms with Gasteiger partial charge in [0.15, 0.2) is 5.96 Å². The van der Waals surface area contributed by atoms with Crippen LogP contribution in [0.5, 0.6) is 0 Å². The van der Waals surface area contributed by atoms with Gasteiger partial charge in [0.1, 0.15) is 0 Å². The van der Waals surface area contributed by atoms with Crippen LogP contribution in [-0.2, 0) is 4.74 Å². The van der Waals surface area contributed by atoms with E-state index in [1.54, 1.807) is 0 Å². The third kappa shape index (κ3) is 9.25. The molecule has 2 unspecified atom stereocenters. The molecule has 1 aromatic rings. The average Bonchev–Trinajstić information content (AvgIpc) is 2.65. The Morgan fingerprint density at radius 1 is 1.15 bits per heavy atom. The predicted octanol–water partition coefficient (Wildman–Crippen LogP) is 3.24. The lowest BCUT2D eigenvalue weighted by molar-refractivity contribution is 0.0323. The topological polar surface area (TPSA) is 48.9 Å². The van der Waals surface area contributed by atoms with Crippen molar-refractivity contribution in [2.45, 2.75) is 33.6 Å². The third-order valence-electron chi connectivity index (χ3n) is 4.80. The summed E-state index contributed by atoms with van der Waals surface area (Å²) in [7, 11) is 0. The molecule has 0 saturated carbocycles. The lowest BCUT2D eigenvalue weighted by Crippen LogP contribution is -2.41. The van der Waals surface area contributed by atoms with Crippen LogP contribution in [0, 0.1) is 12.8 Å². The smallest absolute Gasteiger partial charge is 0.191 e. The van der Waals surface area contributed by atoms with E-state index in [0.717, 1.165) is 58.4 Å². The van der Waals surface area contributed by atoms with Gasteiger partial charge in [-0.05, 0) is 31.2 Å². The zero-order chi connectivity index (χ0) is 18.8. The first kappa shape index (κ1) is 24.2. The Morgan fingerprint density at radius 3 is 2.44 bits per heavy atom. The minimum atomic E-state index is 0. The molecule has 0 aromatic heterocycles. The van der Waals surface area contributed by atoms with Gasteiger partial charge in [-0.1, -0.05) is 43.7 Å². The minimum Gasteiger partial charge on any atom is -0.379 e. The number of benzene rings is 1. The number of aliphatic imine (C=N–C) groups is 1. The average molecular weight is 488 g/mol. The van der Waals surface area contributed by atoms with Crippen molar-refractivity contribution >= 4 is 29.9 Å². The van der Waals surface area contributed by atoms with Gasteiger partial charge < -0.3 is 15.4 Å². The van der Waals surface area contributed by atoms with Crippen molar-refractivity contribution in [2.75, 3.05) is 52.5 Å². The number of ether oxygens (including phenoxy) is 1. The van der Waals surface area contributed by atoms with E-state index < -0.39 is 0 Å². The van der Waals surface area contributed by atoms with Crippen LogP contribution in [0.25, 0.3) is 0 Å². The molecule has 0 bridgehead atoms. The molecule has 0 radical (unpaired) electrons. The normalized spacial score (nSPS) is 17.7. The highest BCUT2D eigenvalue weighted by atomic mass is 127. The van der Waals surface area contributed by atoms with Crippen LogP contribution < -0.4 is 10.6 Å². The SMILES string of the molecule is CCNC(=NCC(C)CN1CCOCC1)NCC(C)c1ccc(C)cc1.I. The molecule has 1 fully saturated rings. The van der Waals surface area contributed by atoms with Crippen LogP contribution in [0.3, 0.4) is 0 Å². The minimum absolute atomic E-state index is 0. The van der Waals surface area contributed by atoms with Crippen LogP contribution in [0.2, 0.25) is 0 Å². The van der Waals surface area contributed by atoms with E-state index in [9.17, 15) is 0 Å². The maximum atomic E-state index is 5.42. The van der Waals surface area contributed by atoms with Crippen molar-refractivity contribution in [1.82, 2.24) is 15.5 Å². The molecule has 0 amide bonds. The summed E-state index contributed by atoms with van der Waals surface area (Å²) in [5, 5.41) is 6.86. The van der Waals surface area contributed by atoms with Crippen LogP contribution in [0.4, 0.5) is 0 Å². The van der Waals surface area contributed by atoms with Crippen LogP contribution >= 0.6 is 24.0 Å². The summed E-state index contributed by atoms with van der Waals surface area (Å²) in [4.78, 5) is 7.27. The number of morpholine rings is 1. The second-order valence-electron chi connectivity index (χ2n) is 7.43. The largest absolute Gasteiger partial charge is 0.379 e. The number of aryl methyl sites for hydroxylation is 1. The molecule has 0 aliphatic carbocycles. The summed E-state index contributed by atoms with van der Waals surface area (Å²) in [5.41, 5.74) is 2.66. The quantitative estimate of drug-likeness (QED) is 0.335. The fraction of sp³-hybridized carbons (Fsp3) is 0.667. The number of guanidine groups is 1. The summed E-state index contributed by atoms with van der Waals surface area (Å²) in [6.07, 6.45) is 0. The second kappa shape index (κ2) is 13.3. The lowest BCUT2D eigenvalue weighted by Gasteiger charge is -2.28. The number of hydrogen-bond acceptors (Lipinski definition) is 3. The van der Waals surface area contributed by atoms with E-state index in [1.165, 1.54) is 11.1 Å². The zero-order valence-corrected chi connectivity index (χ0v) is 19.7. The highest BCUT2D eigenvalue weighted by molar-refractivity contribution is 14.0. The second-order valence-corrected chi connectivity index (χ2v) is 7.43. The molecular weight excluding hydrogens is 451 g/mol. The highest BCUT2D eigenvalue weighted by Crippen LogP contribution is 2.14. The molecule has 1 saturated heterocycles. The Balaban J connectivity index is 0.00000364. The van der Waals surface area contributed by atoms with Gasteiger partial charge in [0.2, 0.25) is 0 Å². The van der Waals surface area contributed by atoms with Crippen molar-refractivity contribution < 1.29 is 4.74 Å². The molecule has 2 atom stereocenters. The van der Waals surface area contributed by atoms with E-state index in [-0.39, 0.29) is 24.0 Å². The maximum Gasteiger partial charge on any atom is 0.191 e. The fourth-order valence-corrected chi connectivity index (χ4v) is 3.13. The molecule has 154 valence electrons. The van der Waals surface area contributed by atoms with Crippen molar-refractivity contribution in [3.8, 4) is 0 Å². The summed E-state index contributed by atoms with van der Waals surface area (Å²) in [6.45, 7) is 16.3. The van der Waals surface area contributed by atoms with Gasteiger partial charge in [0.25, 0.3) is 0 Å². The van der Waals surface area contributed by atoms with Gasteiger partial charge in [0.05, 0.1) is 13.2 Å². The number of rotatable bonds is 8. The van der Waals surface area contributed by atoms with Crippen molar-refractivity contribution in [3.63, 3.8) is 0 Å². The van der Waals surface area contributed by atoms with E-state index >= 15 is 0 Å². The van der Waals surface area contributed by atoms with Gasteiger partial charge in [-0.3, -0.25) is 9.89 Å². The first-order chi connectivity index (χ1) is 12.6. The Bertz CT molecular complexity index is 544. The summed E-state index contributed by atoms with van der Waals surface area (Å²) >= 11 is 0. The van der Waals surface area contributed by atoms with Crippen molar-refractivity contribution in [2.24, 2.45) is 10.9 Å². The third-order valence-corrected chi connectivity index (χ3v) is 4.80. The summed E-state index contributed by atoms with van der Waals surface area (Å²) in [5.74, 6) is 1.91. The molecule has 1 aliphatic heterocycles. The first-order valence-corrected chi connectivity index (χ1v) is 9.97. The fourth-order valence-electron chi connectivity index (χ4n) is 3.13. The monoisotopic (exact) mass is 488 g/mol. The van der Waals surface area contributed by atoms with E-state index in [0.29, 0.717) is 11.8 Å². The number of halogens is 1. The van der Waals surface area contributed by atoms with Gasteiger partial charge in [-0.15, -0.1) is 24.0 Å². The molecule has 2 N–H and O–H groups in total. The van der Waals surface area contributed by atoms with Crippen molar-refractivity contribution in [1.29, 1.82) is 0 Å². The van der Waals surface area contributed by atoms with Crippen LogP contribution in [-0.4, -0.2) is 63.3 Å². The van der Waals surface area contributed by atoms with Gasteiger partial charge in [-0.25, -0.2) is 0 Å². The van der Waals surface area contributed by atoms with Gasteiger partial charge in [0, 0.05) is 39.3 Å². The number of hydrogen-bond donors (Lipinski definition) is 2. The Hall–Kier alpha value is -0.860. The molecule has 27 heavy (non-hydrogen) atoms. The zero-order valence-electron chi connectivity index (χ0n) is 17.3. The van der Waals surface area contributed by atoms with Crippen LogP contribution in [0.1, 0.15) is 37.8 Å². The molecule has 0 spiro atoms. The number of nitrogens with zero attached hydrogens (tertiary/aromatic N) is 2.